The molecule has 20 heavy (non-hydrogen) atoms. The predicted octanol–water partition coefficient (Wildman–Crippen LogP) is 1.91. The number of likely N-dealkylation sites (N-methyl/N-ethyl adjacent to an activating group) is 1. The van der Waals surface area contributed by atoms with Crippen LogP contribution in [-0.4, -0.2) is 46.9 Å². The summed E-state index contributed by atoms with van der Waals surface area (Å²) in [6.45, 7) is 2.70. The smallest absolute Gasteiger partial charge is 0.225 e. The first-order valence-corrected chi connectivity index (χ1v) is 7.62. The number of pyridine rings is 1. The molecular weight excluding hydrogens is 250 g/mol. The first-order chi connectivity index (χ1) is 9.74. The number of hydrogen-bond donors (Lipinski definition) is 0. The van der Waals surface area contributed by atoms with E-state index in [0.717, 1.165) is 32.5 Å². The zero-order valence-corrected chi connectivity index (χ0v) is 12.2. The van der Waals surface area contributed by atoms with Gasteiger partial charge in [-0.05, 0) is 31.5 Å². The van der Waals surface area contributed by atoms with Crippen LogP contribution >= 0.6 is 0 Å². The van der Waals surface area contributed by atoms with Crippen molar-refractivity contribution in [2.45, 2.75) is 38.3 Å². The molecule has 1 amide bonds. The van der Waals surface area contributed by atoms with Crippen molar-refractivity contribution in [3.63, 3.8) is 0 Å². The molecule has 0 aromatic carbocycles. The minimum absolute atomic E-state index is 0.319. The number of amides is 1. The van der Waals surface area contributed by atoms with Gasteiger partial charge in [0.2, 0.25) is 5.91 Å². The summed E-state index contributed by atoms with van der Waals surface area (Å²) in [6.07, 6.45) is 8.38. The zero-order chi connectivity index (χ0) is 13.9. The average molecular weight is 273 g/mol. The number of likely N-dealkylation sites (tertiary alicyclic amines) is 1. The van der Waals surface area contributed by atoms with Crippen LogP contribution < -0.4 is 0 Å². The van der Waals surface area contributed by atoms with E-state index in [2.05, 4.69) is 23.0 Å². The van der Waals surface area contributed by atoms with Crippen molar-refractivity contribution in [3.8, 4) is 0 Å². The van der Waals surface area contributed by atoms with Gasteiger partial charge in [-0.2, -0.15) is 0 Å². The van der Waals surface area contributed by atoms with Crippen LogP contribution in [0.1, 0.15) is 31.2 Å². The molecule has 4 nitrogen and oxygen atoms in total. The molecule has 108 valence electrons. The maximum absolute atomic E-state index is 12.3. The first kappa shape index (κ1) is 13.6. The van der Waals surface area contributed by atoms with Crippen molar-refractivity contribution in [1.29, 1.82) is 0 Å². The Kier molecular flexibility index (Phi) is 4.01. The van der Waals surface area contributed by atoms with Gasteiger partial charge in [-0.1, -0.05) is 18.9 Å². The minimum atomic E-state index is 0.319. The van der Waals surface area contributed by atoms with E-state index in [1.807, 2.05) is 17.2 Å². The van der Waals surface area contributed by atoms with E-state index in [9.17, 15) is 4.79 Å². The van der Waals surface area contributed by atoms with E-state index in [-0.39, 0.29) is 0 Å². The maximum atomic E-state index is 12.3. The van der Waals surface area contributed by atoms with Gasteiger partial charge in [0.05, 0.1) is 0 Å². The monoisotopic (exact) mass is 273 g/mol. The quantitative estimate of drug-likeness (QED) is 0.841. The second-order valence-corrected chi connectivity index (χ2v) is 6.15. The summed E-state index contributed by atoms with van der Waals surface area (Å²) in [5.74, 6) is 0.716. The molecule has 2 fully saturated rings. The Labute approximate surface area is 120 Å². The van der Waals surface area contributed by atoms with Crippen molar-refractivity contribution in [1.82, 2.24) is 14.8 Å². The third-order valence-corrected chi connectivity index (χ3v) is 4.66. The highest BCUT2D eigenvalue weighted by Crippen LogP contribution is 2.29. The highest BCUT2D eigenvalue weighted by Gasteiger charge is 2.36. The lowest BCUT2D eigenvalue weighted by Crippen LogP contribution is -2.60. The molecule has 0 radical (unpaired) electrons. The molecule has 4 heteroatoms. The Morgan fingerprint density at radius 2 is 2.15 bits per heavy atom. The van der Waals surface area contributed by atoms with Crippen LogP contribution in [0.4, 0.5) is 0 Å². The molecule has 2 heterocycles. The number of rotatable bonds is 4. The SMILES string of the molecule is CN(Cc1cccnc1)C1CN(C(=O)C2CCCC2)C1. The Bertz CT molecular complexity index is 450. The van der Waals surface area contributed by atoms with E-state index in [1.54, 1.807) is 6.20 Å². The molecule has 0 spiro atoms. The van der Waals surface area contributed by atoms with Crippen molar-refractivity contribution >= 4 is 5.91 Å². The lowest BCUT2D eigenvalue weighted by atomic mass is 10.0. The van der Waals surface area contributed by atoms with Crippen molar-refractivity contribution in [3.05, 3.63) is 30.1 Å². The number of hydrogen-bond acceptors (Lipinski definition) is 3. The number of carbonyl (C=O) groups is 1. The molecule has 0 atom stereocenters. The molecule has 1 saturated carbocycles. The first-order valence-electron chi connectivity index (χ1n) is 7.62. The molecule has 1 aliphatic heterocycles. The molecule has 1 aromatic heterocycles. The second kappa shape index (κ2) is 5.92. The summed E-state index contributed by atoms with van der Waals surface area (Å²) < 4.78 is 0. The van der Waals surface area contributed by atoms with Gasteiger partial charge in [0.15, 0.2) is 0 Å². The standard InChI is InChI=1S/C16H23N3O/c1-18(10-13-5-4-8-17-9-13)15-11-19(12-15)16(20)14-6-2-3-7-14/h4-5,8-9,14-15H,2-3,6-7,10-12H2,1H3. The molecular formula is C16H23N3O. The molecule has 2 aliphatic rings. The lowest BCUT2D eigenvalue weighted by Gasteiger charge is -2.45. The molecule has 3 rings (SSSR count). The average Bonchev–Trinajstić information content (AvgIpc) is 2.91. The van der Waals surface area contributed by atoms with Crippen LogP contribution in [0.15, 0.2) is 24.5 Å². The van der Waals surface area contributed by atoms with Crippen LogP contribution in [0.2, 0.25) is 0 Å². The number of carbonyl (C=O) groups excluding carboxylic acids is 1. The predicted molar refractivity (Wildman–Crippen MR) is 78.0 cm³/mol. The van der Waals surface area contributed by atoms with Crippen molar-refractivity contribution in [2.24, 2.45) is 5.92 Å². The van der Waals surface area contributed by atoms with Crippen LogP contribution in [0, 0.1) is 5.92 Å². The number of aromatic nitrogens is 1. The van der Waals surface area contributed by atoms with Gasteiger partial charge in [-0.3, -0.25) is 14.7 Å². The summed E-state index contributed by atoms with van der Waals surface area (Å²) in [4.78, 5) is 20.8. The van der Waals surface area contributed by atoms with E-state index in [4.69, 9.17) is 0 Å². The summed E-state index contributed by atoms with van der Waals surface area (Å²) in [7, 11) is 2.13. The van der Waals surface area contributed by atoms with Crippen molar-refractivity contribution < 1.29 is 4.79 Å². The fraction of sp³-hybridized carbons (Fsp3) is 0.625. The zero-order valence-electron chi connectivity index (χ0n) is 12.2. The van der Waals surface area contributed by atoms with E-state index >= 15 is 0 Å². The molecule has 1 aromatic rings. The van der Waals surface area contributed by atoms with Crippen LogP contribution in [-0.2, 0) is 11.3 Å². The number of nitrogens with zero attached hydrogens (tertiary/aromatic N) is 3. The summed E-state index contributed by atoms with van der Waals surface area (Å²) in [5, 5.41) is 0. The van der Waals surface area contributed by atoms with Gasteiger partial charge in [-0.15, -0.1) is 0 Å². The Morgan fingerprint density at radius 3 is 2.80 bits per heavy atom. The Hall–Kier alpha value is -1.42. The molecule has 1 saturated heterocycles. The van der Waals surface area contributed by atoms with Crippen LogP contribution in [0.5, 0.6) is 0 Å². The molecule has 1 aliphatic carbocycles. The summed E-state index contributed by atoms with van der Waals surface area (Å²) >= 11 is 0. The minimum Gasteiger partial charge on any atom is -0.339 e. The van der Waals surface area contributed by atoms with Gasteiger partial charge in [0.1, 0.15) is 0 Å². The Morgan fingerprint density at radius 1 is 1.40 bits per heavy atom. The van der Waals surface area contributed by atoms with Gasteiger partial charge in [-0.25, -0.2) is 0 Å². The fourth-order valence-corrected chi connectivity index (χ4v) is 3.25. The van der Waals surface area contributed by atoms with Crippen LogP contribution in [0.25, 0.3) is 0 Å². The third kappa shape index (κ3) is 2.85. The van der Waals surface area contributed by atoms with E-state index < -0.39 is 0 Å². The topological polar surface area (TPSA) is 36.4 Å². The normalized spacial score (nSPS) is 20.4. The maximum Gasteiger partial charge on any atom is 0.225 e. The van der Waals surface area contributed by atoms with Crippen molar-refractivity contribution in [2.75, 3.05) is 20.1 Å². The molecule has 0 bridgehead atoms. The summed E-state index contributed by atoms with van der Waals surface area (Å²) in [6, 6.07) is 4.57. The second-order valence-electron chi connectivity index (χ2n) is 6.15. The van der Waals surface area contributed by atoms with Gasteiger partial charge >= 0.3 is 0 Å². The van der Waals surface area contributed by atoms with Gasteiger partial charge < -0.3 is 4.90 Å². The van der Waals surface area contributed by atoms with Gasteiger partial charge in [0, 0.05) is 44.0 Å². The summed E-state index contributed by atoms with van der Waals surface area (Å²) in [5.41, 5.74) is 1.23. The Balaban J connectivity index is 1.46. The molecule has 0 unspecified atom stereocenters. The lowest BCUT2D eigenvalue weighted by molar-refractivity contribution is -0.142. The van der Waals surface area contributed by atoms with Gasteiger partial charge in [0.25, 0.3) is 0 Å². The highest BCUT2D eigenvalue weighted by atomic mass is 16.2. The van der Waals surface area contributed by atoms with Crippen LogP contribution in [0.3, 0.4) is 0 Å². The largest absolute Gasteiger partial charge is 0.339 e. The molecule has 0 N–H and O–H groups in total. The fourth-order valence-electron chi connectivity index (χ4n) is 3.25. The van der Waals surface area contributed by atoms with E-state index in [0.29, 0.717) is 17.9 Å². The highest BCUT2D eigenvalue weighted by molar-refractivity contribution is 5.80. The van der Waals surface area contributed by atoms with E-state index in [1.165, 1.54) is 18.4 Å². The third-order valence-electron chi connectivity index (χ3n) is 4.66.